The maximum Gasteiger partial charge on any atom is 0.337 e. The summed E-state index contributed by atoms with van der Waals surface area (Å²) in [6.45, 7) is 0.645. The van der Waals surface area contributed by atoms with E-state index < -0.39 is 17.9 Å². The zero-order valence-corrected chi connectivity index (χ0v) is 15.9. The Morgan fingerprint density at radius 1 is 1.10 bits per heavy atom. The molecule has 2 aromatic carbocycles. The normalized spacial score (nSPS) is 16.0. The van der Waals surface area contributed by atoms with Gasteiger partial charge in [-0.2, -0.15) is 0 Å². The van der Waals surface area contributed by atoms with Gasteiger partial charge in [0.05, 0.1) is 19.1 Å². The number of amides is 3. The molecule has 8 heteroatoms. The molecule has 0 saturated carbocycles. The van der Waals surface area contributed by atoms with Gasteiger partial charge in [0.15, 0.2) is 0 Å². The van der Waals surface area contributed by atoms with Crippen molar-refractivity contribution in [3.8, 4) is 0 Å². The Morgan fingerprint density at radius 2 is 1.83 bits per heavy atom. The molecule has 3 rings (SSSR count). The topological polar surface area (TPSA) is 105 Å². The minimum atomic E-state index is -0.916. The van der Waals surface area contributed by atoms with E-state index in [0.717, 1.165) is 0 Å². The molecule has 1 aliphatic rings. The number of methoxy groups -OCH3 is 1. The number of carbonyl (C=O) groups is 4. The van der Waals surface area contributed by atoms with Crippen LogP contribution in [-0.2, 0) is 14.3 Å². The van der Waals surface area contributed by atoms with E-state index >= 15 is 0 Å². The van der Waals surface area contributed by atoms with Crippen LogP contribution in [0.25, 0.3) is 0 Å². The molecular weight excluding hydrogens is 374 g/mol. The fourth-order valence-electron chi connectivity index (χ4n) is 3.14. The molecule has 1 aliphatic heterocycles. The molecule has 2 aromatic rings. The molecule has 29 heavy (non-hydrogen) atoms. The summed E-state index contributed by atoms with van der Waals surface area (Å²) in [6, 6.07) is 14.0. The molecule has 8 nitrogen and oxygen atoms in total. The number of nitrogens with one attached hydrogen (secondary N) is 2. The van der Waals surface area contributed by atoms with Gasteiger partial charge in [-0.15, -0.1) is 0 Å². The maximum atomic E-state index is 12.8. The van der Waals surface area contributed by atoms with Gasteiger partial charge in [-0.1, -0.05) is 24.3 Å². The maximum absolute atomic E-state index is 12.8. The smallest absolute Gasteiger partial charge is 0.337 e. The van der Waals surface area contributed by atoms with E-state index in [0.29, 0.717) is 29.9 Å². The molecule has 1 heterocycles. The summed E-state index contributed by atoms with van der Waals surface area (Å²) in [5.74, 6) is -1.64. The number of hydrogen-bond donors (Lipinski definition) is 2. The second kappa shape index (κ2) is 9.01. The fourth-order valence-corrected chi connectivity index (χ4v) is 3.14. The number of ether oxygens (including phenoxy) is 1. The molecule has 1 saturated heterocycles. The summed E-state index contributed by atoms with van der Waals surface area (Å²) >= 11 is 0. The molecule has 2 N–H and O–H groups in total. The zero-order chi connectivity index (χ0) is 20.8. The van der Waals surface area contributed by atoms with Crippen LogP contribution < -0.4 is 10.6 Å². The van der Waals surface area contributed by atoms with Crippen molar-refractivity contribution in [2.75, 3.05) is 25.5 Å². The van der Waals surface area contributed by atoms with Crippen molar-refractivity contribution in [3.63, 3.8) is 0 Å². The average molecular weight is 395 g/mol. The average Bonchev–Trinajstić information content (AvgIpc) is 2.75. The van der Waals surface area contributed by atoms with Crippen LogP contribution in [0.4, 0.5) is 5.69 Å². The van der Waals surface area contributed by atoms with Crippen LogP contribution in [0.15, 0.2) is 54.6 Å². The van der Waals surface area contributed by atoms with Gasteiger partial charge < -0.3 is 20.3 Å². The van der Waals surface area contributed by atoms with Gasteiger partial charge in [0.1, 0.15) is 6.04 Å². The second-order valence-electron chi connectivity index (χ2n) is 6.50. The molecule has 1 atom stereocenters. The number of hydrogen-bond acceptors (Lipinski definition) is 5. The molecule has 0 aromatic heterocycles. The van der Waals surface area contributed by atoms with Gasteiger partial charge in [0.2, 0.25) is 11.8 Å². The number of anilines is 1. The SMILES string of the molecule is COC(=O)c1cccc(NC(=O)CC2C(=O)NCCN2C(=O)c2ccccc2)c1. The highest BCUT2D eigenvalue weighted by Gasteiger charge is 2.35. The van der Waals surface area contributed by atoms with E-state index in [2.05, 4.69) is 15.4 Å². The van der Waals surface area contributed by atoms with Crippen LogP contribution in [0.5, 0.6) is 0 Å². The lowest BCUT2D eigenvalue weighted by Gasteiger charge is -2.34. The first-order valence-electron chi connectivity index (χ1n) is 9.11. The number of carbonyl (C=O) groups excluding carboxylic acids is 4. The number of esters is 1. The molecule has 0 aliphatic carbocycles. The van der Waals surface area contributed by atoms with Gasteiger partial charge in [-0.3, -0.25) is 14.4 Å². The second-order valence-corrected chi connectivity index (χ2v) is 6.50. The lowest BCUT2D eigenvalue weighted by atomic mass is 10.1. The number of benzene rings is 2. The van der Waals surface area contributed by atoms with Gasteiger partial charge in [-0.25, -0.2) is 4.79 Å². The molecule has 0 spiro atoms. The van der Waals surface area contributed by atoms with Crippen LogP contribution in [0, 0.1) is 0 Å². The van der Waals surface area contributed by atoms with Crippen molar-refractivity contribution in [1.82, 2.24) is 10.2 Å². The first-order valence-corrected chi connectivity index (χ1v) is 9.11. The van der Waals surface area contributed by atoms with Gasteiger partial charge in [0, 0.05) is 24.3 Å². The molecule has 3 amide bonds. The minimum absolute atomic E-state index is 0.202. The highest BCUT2D eigenvalue weighted by Crippen LogP contribution is 2.16. The summed E-state index contributed by atoms with van der Waals surface area (Å²) in [4.78, 5) is 50.8. The molecule has 1 fully saturated rings. The molecule has 1 unspecified atom stereocenters. The Balaban J connectivity index is 1.72. The van der Waals surface area contributed by atoms with Crippen molar-refractivity contribution < 1.29 is 23.9 Å². The van der Waals surface area contributed by atoms with Gasteiger partial charge >= 0.3 is 5.97 Å². The van der Waals surface area contributed by atoms with Gasteiger partial charge in [-0.05, 0) is 30.3 Å². The highest BCUT2D eigenvalue weighted by molar-refractivity contribution is 6.01. The largest absolute Gasteiger partial charge is 0.465 e. The van der Waals surface area contributed by atoms with Gasteiger partial charge in [0.25, 0.3) is 5.91 Å². The number of piperazine rings is 1. The van der Waals surface area contributed by atoms with Crippen LogP contribution in [0.2, 0.25) is 0 Å². The molecule has 0 radical (unpaired) electrons. The predicted molar refractivity (Wildman–Crippen MR) is 105 cm³/mol. The summed E-state index contributed by atoms with van der Waals surface area (Å²) in [5, 5.41) is 5.36. The summed E-state index contributed by atoms with van der Waals surface area (Å²) in [5.41, 5.74) is 1.15. The lowest BCUT2D eigenvalue weighted by molar-refractivity contribution is -0.131. The summed E-state index contributed by atoms with van der Waals surface area (Å²) in [6.07, 6.45) is -0.202. The quantitative estimate of drug-likeness (QED) is 0.746. The first-order chi connectivity index (χ1) is 14.0. The van der Waals surface area contributed by atoms with E-state index in [1.54, 1.807) is 48.5 Å². The number of rotatable bonds is 5. The summed E-state index contributed by atoms with van der Waals surface area (Å²) in [7, 11) is 1.27. The van der Waals surface area contributed by atoms with E-state index in [-0.39, 0.29) is 18.2 Å². The lowest BCUT2D eigenvalue weighted by Crippen LogP contribution is -2.58. The Bertz CT molecular complexity index is 929. The third kappa shape index (κ3) is 4.78. The van der Waals surface area contributed by atoms with Crippen molar-refractivity contribution in [2.24, 2.45) is 0 Å². The van der Waals surface area contributed by atoms with Crippen molar-refractivity contribution in [2.45, 2.75) is 12.5 Å². The fraction of sp³-hybridized carbons (Fsp3) is 0.238. The molecule has 150 valence electrons. The molecular formula is C21H21N3O5. The van der Waals surface area contributed by atoms with E-state index in [4.69, 9.17) is 0 Å². The third-order valence-corrected chi connectivity index (χ3v) is 4.56. The van der Waals surface area contributed by atoms with E-state index in [1.165, 1.54) is 18.1 Å². The minimum Gasteiger partial charge on any atom is -0.465 e. The zero-order valence-electron chi connectivity index (χ0n) is 15.9. The monoisotopic (exact) mass is 395 g/mol. The molecule has 0 bridgehead atoms. The summed E-state index contributed by atoms with van der Waals surface area (Å²) < 4.78 is 4.67. The highest BCUT2D eigenvalue weighted by atomic mass is 16.5. The van der Waals surface area contributed by atoms with Crippen molar-refractivity contribution in [3.05, 3.63) is 65.7 Å². The first kappa shape index (κ1) is 20.1. The predicted octanol–water partition coefficient (Wildman–Crippen LogP) is 1.44. The van der Waals surface area contributed by atoms with Crippen LogP contribution >= 0.6 is 0 Å². The van der Waals surface area contributed by atoms with Crippen LogP contribution in [0.1, 0.15) is 27.1 Å². The van der Waals surface area contributed by atoms with Crippen molar-refractivity contribution >= 4 is 29.4 Å². The Hall–Kier alpha value is -3.68. The van der Waals surface area contributed by atoms with Crippen LogP contribution in [-0.4, -0.2) is 54.8 Å². The third-order valence-electron chi connectivity index (χ3n) is 4.56. The van der Waals surface area contributed by atoms with E-state index in [9.17, 15) is 19.2 Å². The Labute approximate surface area is 167 Å². The Morgan fingerprint density at radius 3 is 2.55 bits per heavy atom. The standard InChI is InChI=1S/C21H21N3O5/c1-29-21(28)15-8-5-9-16(12-15)23-18(25)13-17-19(26)22-10-11-24(17)20(27)14-6-3-2-4-7-14/h2-9,12,17H,10-11,13H2,1H3,(H,22,26)(H,23,25). The van der Waals surface area contributed by atoms with E-state index in [1.807, 2.05) is 0 Å². The van der Waals surface area contributed by atoms with Crippen LogP contribution in [0.3, 0.4) is 0 Å². The Kier molecular flexibility index (Phi) is 6.23. The number of nitrogens with zero attached hydrogens (tertiary/aromatic N) is 1. The van der Waals surface area contributed by atoms with Crippen molar-refractivity contribution in [1.29, 1.82) is 0 Å².